The molecule has 0 saturated heterocycles. The van der Waals surface area contributed by atoms with E-state index in [1.165, 1.54) is 0 Å². The third kappa shape index (κ3) is 6.18. The smallest absolute Gasteiger partial charge is 0.245 e. The highest BCUT2D eigenvalue weighted by atomic mass is 16.5. The second kappa shape index (κ2) is 12.1. The number of carbonyl (C=O) groups excluding carboxylic acids is 2. The molecule has 0 radical (unpaired) electrons. The molecular formula is C29H31N5O4. The highest BCUT2D eigenvalue weighted by Crippen LogP contribution is 2.29. The van der Waals surface area contributed by atoms with Crippen LogP contribution in [-0.2, 0) is 16.0 Å². The minimum Gasteiger partial charge on any atom is -0.493 e. The summed E-state index contributed by atoms with van der Waals surface area (Å²) in [6, 6.07) is 18.5. The van der Waals surface area contributed by atoms with Crippen LogP contribution in [0.25, 0.3) is 16.8 Å². The van der Waals surface area contributed by atoms with Gasteiger partial charge in [0.15, 0.2) is 17.3 Å². The molecule has 0 aliphatic rings. The number of rotatable bonds is 10. The van der Waals surface area contributed by atoms with Crippen LogP contribution in [0.15, 0.2) is 79.3 Å². The Labute approximate surface area is 222 Å². The van der Waals surface area contributed by atoms with Gasteiger partial charge in [-0.1, -0.05) is 36.4 Å². The predicted octanol–water partition coefficient (Wildman–Crippen LogP) is 4.37. The van der Waals surface area contributed by atoms with Gasteiger partial charge in [0.25, 0.3) is 0 Å². The van der Waals surface area contributed by atoms with Crippen LogP contribution in [0.3, 0.4) is 0 Å². The topological polar surface area (TPSA) is 98.6 Å². The Bertz CT molecular complexity index is 1390. The van der Waals surface area contributed by atoms with Gasteiger partial charge in [0.05, 0.1) is 32.5 Å². The quantitative estimate of drug-likeness (QED) is 0.338. The van der Waals surface area contributed by atoms with Gasteiger partial charge in [0.2, 0.25) is 11.8 Å². The Balaban J connectivity index is 1.53. The number of hydrogen-bond donors (Lipinski definition) is 1. The van der Waals surface area contributed by atoms with E-state index in [1.807, 2.05) is 68.6 Å². The summed E-state index contributed by atoms with van der Waals surface area (Å²) in [5, 5.41) is 7.53. The zero-order valence-corrected chi connectivity index (χ0v) is 21.9. The first kappa shape index (κ1) is 26.4. The van der Waals surface area contributed by atoms with Crippen LogP contribution in [0.4, 0.5) is 5.82 Å². The van der Waals surface area contributed by atoms with Gasteiger partial charge in [-0.3, -0.25) is 14.6 Å². The number of aromatic nitrogens is 3. The SMILES string of the molecule is COc1ccc(CC(=O)N(CC(=O)Nc2nn(-c3cccnc3)cc2-c2ccccc2)C(C)C)cc1OC. The number of carbonyl (C=O) groups is 2. The van der Waals surface area contributed by atoms with Crippen molar-refractivity contribution in [1.82, 2.24) is 19.7 Å². The summed E-state index contributed by atoms with van der Waals surface area (Å²) in [7, 11) is 3.11. The number of amides is 2. The summed E-state index contributed by atoms with van der Waals surface area (Å²) in [5.41, 5.74) is 3.19. The molecule has 4 aromatic rings. The van der Waals surface area contributed by atoms with Crippen LogP contribution in [0.5, 0.6) is 11.5 Å². The number of pyridine rings is 1. The minimum absolute atomic E-state index is 0.113. The van der Waals surface area contributed by atoms with E-state index >= 15 is 0 Å². The maximum atomic E-state index is 13.2. The first-order valence-corrected chi connectivity index (χ1v) is 12.2. The van der Waals surface area contributed by atoms with E-state index in [1.54, 1.807) is 48.3 Å². The first-order chi connectivity index (χ1) is 18.4. The summed E-state index contributed by atoms with van der Waals surface area (Å²) < 4.78 is 12.3. The van der Waals surface area contributed by atoms with Crippen molar-refractivity contribution in [2.45, 2.75) is 26.3 Å². The lowest BCUT2D eigenvalue weighted by Gasteiger charge is -2.26. The van der Waals surface area contributed by atoms with Gasteiger partial charge < -0.3 is 19.7 Å². The first-order valence-electron chi connectivity index (χ1n) is 12.2. The molecule has 9 heteroatoms. The maximum absolute atomic E-state index is 13.2. The molecule has 2 aromatic carbocycles. The fraction of sp³-hybridized carbons (Fsp3) is 0.241. The summed E-state index contributed by atoms with van der Waals surface area (Å²) in [6.45, 7) is 3.65. The molecular weight excluding hydrogens is 482 g/mol. The second-order valence-corrected chi connectivity index (χ2v) is 8.94. The van der Waals surface area contributed by atoms with Crippen molar-refractivity contribution in [3.63, 3.8) is 0 Å². The second-order valence-electron chi connectivity index (χ2n) is 8.94. The third-order valence-corrected chi connectivity index (χ3v) is 6.03. The Morgan fingerprint density at radius 1 is 1.00 bits per heavy atom. The molecule has 2 aromatic heterocycles. The van der Waals surface area contributed by atoms with Gasteiger partial charge in [-0.25, -0.2) is 4.68 Å². The number of hydrogen-bond acceptors (Lipinski definition) is 6. The van der Waals surface area contributed by atoms with Gasteiger partial charge in [-0.2, -0.15) is 0 Å². The number of ether oxygens (including phenoxy) is 2. The Morgan fingerprint density at radius 2 is 1.76 bits per heavy atom. The molecule has 0 unspecified atom stereocenters. The Kier molecular flexibility index (Phi) is 8.37. The van der Waals surface area contributed by atoms with Crippen LogP contribution >= 0.6 is 0 Å². The highest BCUT2D eigenvalue weighted by molar-refractivity contribution is 5.97. The molecule has 0 aliphatic carbocycles. The molecule has 38 heavy (non-hydrogen) atoms. The lowest BCUT2D eigenvalue weighted by molar-refractivity contribution is -0.135. The van der Waals surface area contributed by atoms with Crippen molar-refractivity contribution in [3.8, 4) is 28.3 Å². The summed E-state index contributed by atoms with van der Waals surface area (Å²) in [5.74, 6) is 1.02. The van der Waals surface area contributed by atoms with Crippen molar-refractivity contribution in [2.24, 2.45) is 0 Å². The van der Waals surface area contributed by atoms with Gasteiger partial charge in [0, 0.05) is 24.0 Å². The van der Waals surface area contributed by atoms with E-state index in [2.05, 4.69) is 15.4 Å². The van der Waals surface area contributed by atoms with Gasteiger partial charge in [-0.05, 0) is 49.2 Å². The van der Waals surface area contributed by atoms with Crippen molar-refractivity contribution in [2.75, 3.05) is 26.1 Å². The van der Waals surface area contributed by atoms with Crippen LogP contribution in [-0.4, -0.2) is 58.3 Å². The third-order valence-electron chi connectivity index (χ3n) is 6.03. The number of anilines is 1. The van der Waals surface area contributed by atoms with Crippen LogP contribution < -0.4 is 14.8 Å². The van der Waals surface area contributed by atoms with Crippen molar-refractivity contribution >= 4 is 17.6 Å². The molecule has 0 aliphatic heterocycles. The summed E-state index contributed by atoms with van der Waals surface area (Å²) in [6.07, 6.45) is 5.36. The number of nitrogens with zero attached hydrogens (tertiary/aromatic N) is 4. The van der Waals surface area contributed by atoms with E-state index < -0.39 is 0 Å². The van der Waals surface area contributed by atoms with E-state index in [4.69, 9.17) is 9.47 Å². The number of methoxy groups -OCH3 is 2. The van der Waals surface area contributed by atoms with Crippen molar-refractivity contribution in [3.05, 3.63) is 84.8 Å². The fourth-order valence-corrected chi connectivity index (χ4v) is 4.07. The van der Waals surface area contributed by atoms with Gasteiger partial charge in [0.1, 0.15) is 6.54 Å². The monoisotopic (exact) mass is 513 g/mol. The molecule has 9 nitrogen and oxygen atoms in total. The number of benzene rings is 2. The van der Waals surface area contributed by atoms with Crippen LogP contribution in [0, 0.1) is 0 Å². The molecule has 0 bridgehead atoms. The van der Waals surface area contributed by atoms with Crippen LogP contribution in [0.2, 0.25) is 0 Å². The summed E-state index contributed by atoms with van der Waals surface area (Å²) in [4.78, 5) is 32.1. The van der Waals surface area contributed by atoms with Gasteiger partial charge >= 0.3 is 0 Å². The van der Waals surface area contributed by atoms with E-state index in [9.17, 15) is 9.59 Å². The van der Waals surface area contributed by atoms with Crippen molar-refractivity contribution < 1.29 is 19.1 Å². The summed E-state index contributed by atoms with van der Waals surface area (Å²) >= 11 is 0. The normalized spacial score (nSPS) is 10.8. The molecule has 2 heterocycles. The molecule has 0 spiro atoms. The average Bonchev–Trinajstić information content (AvgIpc) is 3.36. The fourth-order valence-electron chi connectivity index (χ4n) is 4.07. The molecule has 196 valence electrons. The van der Waals surface area contributed by atoms with E-state index in [0.717, 1.165) is 22.4 Å². The largest absolute Gasteiger partial charge is 0.493 e. The molecule has 0 saturated carbocycles. The molecule has 0 fully saturated rings. The lowest BCUT2D eigenvalue weighted by Crippen LogP contribution is -2.43. The highest BCUT2D eigenvalue weighted by Gasteiger charge is 2.23. The van der Waals surface area contributed by atoms with Crippen LogP contribution in [0.1, 0.15) is 19.4 Å². The molecule has 0 atom stereocenters. The zero-order chi connectivity index (χ0) is 27.1. The average molecular weight is 514 g/mol. The molecule has 1 N–H and O–H groups in total. The predicted molar refractivity (Wildman–Crippen MR) is 146 cm³/mol. The van der Waals surface area contributed by atoms with Gasteiger partial charge in [-0.15, -0.1) is 5.10 Å². The van der Waals surface area contributed by atoms with E-state index in [-0.39, 0.29) is 30.8 Å². The molecule has 4 rings (SSSR count). The standard InChI is InChI=1S/C29H31N5O4/c1-20(2)33(28(36)16-21-12-13-25(37-3)26(15-21)38-4)19-27(35)31-29-24(22-9-6-5-7-10-22)18-34(32-29)23-11-8-14-30-17-23/h5-15,17-18,20H,16,19H2,1-4H3,(H,31,32,35). The van der Waals surface area contributed by atoms with Crippen molar-refractivity contribution in [1.29, 1.82) is 0 Å². The maximum Gasteiger partial charge on any atom is 0.245 e. The zero-order valence-electron chi connectivity index (χ0n) is 21.9. The molecule has 2 amide bonds. The van der Waals surface area contributed by atoms with E-state index in [0.29, 0.717) is 17.3 Å². The Morgan fingerprint density at radius 3 is 2.42 bits per heavy atom. The number of nitrogens with one attached hydrogen (secondary N) is 1. The minimum atomic E-state index is -0.340. The lowest BCUT2D eigenvalue weighted by atomic mass is 10.1. The Hall–Kier alpha value is -4.66.